The van der Waals surface area contributed by atoms with Crippen molar-refractivity contribution in [2.24, 2.45) is 17.6 Å². The van der Waals surface area contributed by atoms with E-state index in [0.717, 1.165) is 0 Å². The number of aliphatic hydroxyl groups excluding tert-OH is 1. The summed E-state index contributed by atoms with van der Waals surface area (Å²) in [6.45, 7) is 9.54. The van der Waals surface area contributed by atoms with Crippen molar-refractivity contribution >= 4 is 81.1 Å². The molecular formula is C50H68N10O14. The summed E-state index contributed by atoms with van der Waals surface area (Å²) < 4.78 is 0. The zero-order valence-electron chi connectivity index (χ0n) is 42.0. The van der Waals surface area contributed by atoms with E-state index in [1.165, 1.54) is 13.8 Å². The summed E-state index contributed by atoms with van der Waals surface area (Å²) in [5, 5.41) is 57.9. The molecule has 2 aromatic carbocycles. The smallest absolute Gasteiger partial charge is 0.326 e. The average Bonchev–Trinajstić information content (AvgIpc) is 3.94. The van der Waals surface area contributed by atoms with Crippen LogP contribution in [-0.2, 0) is 60.8 Å². The van der Waals surface area contributed by atoms with E-state index in [9.17, 15) is 68.4 Å². The molecule has 402 valence electrons. The van der Waals surface area contributed by atoms with Crippen LogP contribution < -0.4 is 43.0 Å². The van der Waals surface area contributed by atoms with Gasteiger partial charge < -0.3 is 73.3 Å². The van der Waals surface area contributed by atoms with Crippen LogP contribution in [0.15, 0.2) is 60.9 Å². The molecular weight excluding hydrogens is 965 g/mol. The Morgan fingerprint density at radius 2 is 0.905 bits per heavy atom. The summed E-state index contributed by atoms with van der Waals surface area (Å²) in [5.41, 5.74) is 8.04. The molecule has 0 radical (unpaired) electrons. The number of nitrogens with one attached hydrogen (secondary N) is 9. The lowest BCUT2D eigenvalue weighted by Crippen LogP contribution is -2.61. The minimum atomic E-state index is -1.88. The number of H-pyrrole nitrogens is 2. The molecule has 0 aliphatic heterocycles. The van der Waals surface area contributed by atoms with Crippen LogP contribution in [0.2, 0.25) is 0 Å². The zero-order valence-corrected chi connectivity index (χ0v) is 42.0. The van der Waals surface area contributed by atoms with Gasteiger partial charge in [-0.2, -0.15) is 0 Å². The molecule has 9 unspecified atom stereocenters. The minimum Gasteiger partial charge on any atom is -0.481 e. The number of aliphatic carboxylic acids is 3. The number of hydrogen-bond donors (Lipinski definition) is 14. The van der Waals surface area contributed by atoms with Crippen LogP contribution in [-0.4, -0.2) is 144 Å². The van der Waals surface area contributed by atoms with Crippen LogP contribution in [0, 0.1) is 11.8 Å². The number of amides is 7. The van der Waals surface area contributed by atoms with Crippen molar-refractivity contribution in [3.05, 3.63) is 72.1 Å². The lowest BCUT2D eigenvalue weighted by Gasteiger charge is -2.28. The molecule has 2 aromatic heterocycles. The Balaban J connectivity index is 1.67. The highest BCUT2D eigenvalue weighted by Gasteiger charge is 2.36. The Morgan fingerprint density at radius 1 is 0.500 bits per heavy atom. The van der Waals surface area contributed by atoms with E-state index < -0.39 is 133 Å². The van der Waals surface area contributed by atoms with Crippen LogP contribution in [0.3, 0.4) is 0 Å². The number of aromatic nitrogens is 2. The number of carbonyl (C=O) groups is 10. The van der Waals surface area contributed by atoms with Gasteiger partial charge in [-0.15, -0.1) is 0 Å². The number of hydrogen-bond acceptors (Lipinski definition) is 12. The van der Waals surface area contributed by atoms with Crippen molar-refractivity contribution in [3.8, 4) is 0 Å². The van der Waals surface area contributed by atoms with Gasteiger partial charge in [0.15, 0.2) is 0 Å². The van der Waals surface area contributed by atoms with Crippen LogP contribution >= 0.6 is 0 Å². The Kier molecular flexibility index (Phi) is 21.6. The highest BCUT2D eigenvalue weighted by Crippen LogP contribution is 2.22. The van der Waals surface area contributed by atoms with Crippen molar-refractivity contribution in [1.29, 1.82) is 0 Å². The Labute approximate surface area is 426 Å². The standard InChI is InChI=1S/C50H68N10O14/c1-24(2)17-35(56-43(66)26(5)54-49(72)42(51)27(6)61)45(68)59-38(21-41(64)65)48(71)58-36(19-28-22-52-32-13-9-7-11-30(28)32)46(69)55-34(15-16-40(62)63)44(67)57-37(47(70)60-39(50(73)74)18-25(3)4)20-29-23-53-33-14-10-8-12-31(29)33/h7-14,22-27,34-39,42,52-53,61H,15-21,51H2,1-6H3,(H,54,72)(H,55,69)(H,56,66)(H,57,67)(H,58,71)(H,59,68)(H,60,70)(H,62,63)(H,64,65)(H,73,74). The summed E-state index contributed by atoms with van der Waals surface area (Å²) in [4.78, 5) is 139. The van der Waals surface area contributed by atoms with E-state index in [2.05, 4.69) is 47.2 Å². The number of aromatic amines is 2. The number of nitrogens with two attached hydrogens (primary N) is 1. The van der Waals surface area contributed by atoms with Gasteiger partial charge in [-0.25, -0.2) is 4.79 Å². The third-order valence-corrected chi connectivity index (χ3v) is 12.0. The van der Waals surface area contributed by atoms with Gasteiger partial charge in [0.25, 0.3) is 0 Å². The average molecular weight is 1030 g/mol. The number of carboxylic acid groups (broad SMARTS) is 3. The Hall–Kier alpha value is -7.86. The highest BCUT2D eigenvalue weighted by atomic mass is 16.4. The van der Waals surface area contributed by atoms with E-state index in [-0.39, 0.29) is 37.5 Å². The molecule has 0 bridgehead atoms. The van der Waals surface area contributed by atoms with Crippen LogP contribution in [0.5, 0.6) is 0 Å². The first-order chi connectivity index (χ1) is 34.8. The monoisotopic (exact) mass is 1030 g/mol. The maximum absolute atomic E-state index is 14.6. The zero-order chi connectivity index (χ0) is 55.0. The fraction of sp³-hybridized carbons (Fsp3) is 0.480. The number of carboxylic acids is 3. The molecule has 0 aliphatic carbocycles. The predicted molar refractivity (Wildman–Crippen MR) is 269 cm³/mol. The highest BCUT2D eigenvalue weighted by molar-refractivity contribution is 5.99. The predicted octanol–water partition coefficient (Wildman–Crippen LogP) is 0.0723. The van der Waals surface area contributed by atoms with Crippen molar-refractivity contribution in [3.63, 3.8) is 0 Å². The third-order valence-electron chi connectivity index (χ3n) is 12.0. The van der Waals surface area contributed by atoms with Gasteiger partial charge in [0, 0.05) is 53.5 Å². The van der Waals surface area contributed by atoms with Gasteiger partial charge in [-0.1, -0.05) is 64.1 Å². The Bertz CT molecular complexity index is 2660. The third kappa shape index (κ3) is 17.4. The second-order valence-corrected chi connectivity index (χ2v) is 19.1. The lowest BCUT2D eigenvalue weighted by atomic mass is 10.00. The maximum Gasteiger partial charge on any atom is 0.326 e. The summed E-state index contributed by atoms with van der Waals surface area (Å²) in [5.74, 6) is -11.5. The van der Waals surface area contributed by atoms with E-state index in [4.69, 9.17) is 5.73 Å². The molecule has 0 saturated heterocycles. The quantitative estimate of drug-likeness (QED) is 0.0342. The van der Waals surface area contributed by atoms with Crippen molar-refractivity contribution in [1.82, 2.24) is 47.2 Å². The lowest BCUT2D eigenvalue weighted by molar-refractivity contribution is -0.143. The van der Waals surface area contributed by atoms with Crippen molar-refractivity contribution < 1.29 is 68.4 Å². The molecule has 2 heterocycles. The Morgan fingerprint density at radius 3 is 1.36 bits per heavy atom. The normalized spacial score (nSPS) is 15.1. The molecule has 24 nitrogen and oxygen atoms in total. The molecule has 74 heavy (non-hydrogen) atoms. The second-order valence-electron chi connectivity index (χ2n) is 19.1. The van der Waals surface area contributed by atoms with Crippen molar-refractivity contribution in [2.75, 3.05) is 0 Å². The van der Waals surface area contributed by atoms with Crippen LogP contribution in [0.25, 0.3) is 21.8 Å². The van der Waals surface area contributed by atoms with E-state index in [0.29, 0.717) is 32.9 Å². The van der Waals surface area contributed by atoms with Crippen molar-refractivity contribution in [2.45, 2.75) is 141 Å². The number of rotatable bonds is 29. The largest absolute Gasteiger partial charge is 0.481 e. The molecule has 15 N–H and O–H groups in total. The molecule has 4 aromatic rings. The van der Waals surface area contributed by atoms with E-state index >= 15 is 0 Å². The molecule has 24 heteroatoms. The SMILES string of the molecule is CC(C)CC(NC(=O)C(Cc1c[nH]c2ccccc12)NC(=O)C(CCC(=O)O)NC(=O)C(Cc1c[nH]c2ccccc12)NC(=O)C(CC(=O)O)NC(=O)C(CC(C)C)NC(=O)C(C)NC(=O)C(N)C(C)O)C(=O)O. The van der Waals surface area contributed by atoms with Crippen LogP contribution in [0.1, 0.15) is 84.8 Å². The van der Waals surface area contributed by atoms with Gasteiger partial charge in [0.2, 0.25) is 41.4 Å². The maximum atomic E-state index is 14.6. The number of fused-ring (bicyclic) bond motifs is 2. The van der Waals surface area contributed by atoms with Gasteiger partial charge in [0.1, 0.15) is 48.3 Å². The van der Waals surface area contributed by atoms with Crippen LogP contribution in [0.4, 0.5) is 0 Å². The topological polar surface area (TPSA) is 393 Å². The summed E-state index contributed by atoms with van der Waals surface area (Å²) in [6, 6.07) is 1.94. The molecule has 0 spiro atoms. The number of para-hydroxylation sites is 2. The molecule has 7 amide bonds. The minimum absolute atomic E-state index is 0.0272. The summed E-state index contributed by atoms with van der Waals surface area (Å²) >= 11 is 0. The number of carbonyl (C=O) groups excluding carboxylic acids is 7. The van der Waals surface area contributed by atoms with Gasteiger partial charge >= 0.3 is 17.9 Å². The summed E-state index contributed by atoms with van der Waals surface area (Å²) in [7, 11) is 0. The first-order valence-electron chi connectivity index (χ1n) is 24.2. The first kappa shape index (κ1) is 58.7. The fourth-order valence-corrected chi connectivity index (χ4v) is 8.03. The van der Waals surface area contributed by atoms with Gasteiger partial charge in [0.05, 0.1) is 12.5 Å². The first-order valence-corrected chi connectivity index (χ1v) is 24.2. The molecule has 0 aliphatic rings. The fourth-order valence-electron chi connectivity index (χ4n) is 8.03. The molecule has 0 saturated carbocycles. The van der Waals surface area contributed by atoms with Gasteiger partial charge in [-0.05, 0) is 68.2 Å². The van der Waals surface area contributed by atoms with Gasteiger partial charge in [-0.3, -0.25) is 43.2 Å². The molecule has 9 atom stereocenters. The second kappa shape index (κ2) is 27.3. The molecule has 4 rings (SSSR count). The van der Waals surface area contributed by atoms with E-state index in [1.807, 2.05) is 0 Å². The molecule has 0 fully saturated rings. The number of benzene rings is 2. The summed E-state index contributed by atoms with van der Waals surface area (Å²) in [6.07, 6.45) is -0.779. The van der Waals surface area contributed by atoms with E-state index in [1.54, 1.807) is 88.6 Å². The number of aliphatic hydroxyl groups is 1.